The van der Waals surface area contributed by atoms with Crippen molar-refractivity contribution in [3.05, 3.63) is 5.56 Å². The lowest BCUT2D eigenvalue weighted by Crippen LogP contribution is -2.27. The van der Waals surface area contributed by atoms with Gasteiger partial charge in [-0.2, -0.15) is 10.4 Å². The maximum Gasteiger partial charge on any atom is 0.170 e. The van der Waals surface area contributed by atoms with E-state index in [-0.39, 0.29) is 35.5 Å². The van der Waals surface area contributed by atoms with E-state index in [9.17, 15) is 13.7 Å². The van der Waals surface area contributed by atoms with Gasteiger partial charge in [0.2, 0.25) is 0 Å². The molecule has 116 valence electrons. The second-order valence-corrected chi connectivity index (χ2v) is 7.62. The Morgan fingerprint density at radius 3 is 2.76 bits per heavy atom. The molecule has 2 rings (SSSR count). The lowest BCUT2D eigenvalue weighted by atomic mass is 10.3. The van der Waals surface area contributed by atoms with Crippen molar-refractivity contribution in [1.29, 1.82) is 5.26 Å². The van der Waals surface area contributed by atoms with Crippen LogP contribution in [0.4, 0.5) is 11.6 Å². The van der Waals surface area contributed by atoms with E-state index in [2.05, 4.69) is 5.10 Å². The maximum atomic E-state index is 11.6. The summed E-state index contributed by atoms with van der Waals surface area (Å²) in [7, 11) is -3.11. The van der Waals surface area contributed by atoms with Crippen LogP contribution in [0.25, 0.3) is 0 Å². The number of nitrogens with two attached hydrogens (primary N) is 2. The summed E-state index contributed by atoms with van der Waals surface area (Å²) in [6.45, 7) is 3.09. The van der Waals surface area contributed by atoms with Gasteiger partial charge in [0.05, 0.1) is 12.3 Å². The minimum absolute atomic E-state index is 0.0425. The first kappa shape index (κ1) is 15.6. The fourth-order valence-corrected chi connectivity index (χ4v) is 3.05. The minimum atomic E-state index is -3.11. The molecule has 1 unspecified atom stereocenters. The lowest BCUT2D eigenvalue weighted by Gasteiger charge is -2.14. The van der Waals surface area contributed by atoms with Crippen molar-refractivity contribution in [1.82, 2.24) is 9.78 Å². The monoisotopic (exact) mass is 312 g/mol. The molecule has 1 atom stereocenters. The van der Waals surface area contributed by atoms with Crippen molar-refractivity contribution in [2.24, 2.45) is 5.73 Å². The molecule has 1 aromatic rings. The maximum absolute atomic E-state index is 11.6. The van der Waals surface area contributed by atoms with Gasteiger partial charge in [-0.3, -0.25) is 0 Å². The second-order valence-electron chi connectivity index (χ2n) is 5.15. The molecule has 1 fully saturated rings. The molecule has 0 amide bonds. The van der Waals surface area contributed by atoms with Crippen LogP contribution in [0.3, 0.4) is 0 Å². The Morgan fingerprint density at radius 2 is 2.24 bits per heavy atom. The number of rotatable bonds is 5. The van der Waals surface area contributed by atoms with Crippen molar-refractivity contribution >= 4 is 21.5 Å². The van der Waals surface area contributed by atoms with Gasteiger partial charge in [0.1, 0.15) is 17.5 Å². The SMILES string of the molecule is CCS(=O)(=O)CCn1nc(N2CCC(N)C2)c(C#N)c1N. The predicted molar refractivity (Wildman–Crippen MR) is 80.5 cm³/mol. The van der Waals surface area contributed by atoms with Crippen molar-refractivity contribution < 1.29 is 8.42 Å². The van der Waals surface area contributed by atoms with Crippen molar-refractivity contribution in [3.63, 3.8) is 0 Å². The van der Waals surface area contributed by atoms with Crippen LogP contribution in [0.2, 0.25) is 0 Å². The van der Waals surface area contributed by atoms with Gasteiger partial charge in [0, 0.05) is 24.9 Å². The number of aryl methyl sites for hydroxylation is 1. The molecule has 21 heavy (non-hydrogen) atoms. The van der Waals surface area contributed by atoms with Gasteiger partial charge in [0.15, 0.2) is 15.7 Å². The van der Waals surface area contributed by atoms with E-state index in [1.165, 1.54) is 4.68 Å². The van der Waals surface area contributed by atoms with E-state index in [0.29, 0.717) is 12.4 Å². The zero-order chi connectivity index (χ0) is 15.6. The Labute approximate surface area is 124 Å². The van der Waals surface area contributed by atoms with Crippen LogP contribution in [-0.2, 0) is 16.4 Å². The molecule has 4 N–H and O–H groups in total. The summed E-state index contributed by atoms with van der Waals surface area (Å²) in [5, 5.41) is 13.6. The van der Waals surface area contributed by atoms with Crippen LogP contribution in [-0.4, -0.2) is 48.8 Å². The summed E-state index contributed by atoms with van der Waals surface area (Å²) >= 11 is 0. The number of sulfone groups is 1. The fraction of sp³-hybridized carbons (Fsp3) is 0.667. The van der Waals surface area contributed by atoms with Crippen molar-refractivity contribution in [2.75, 3.05) is 35.2 Å². The van der Waals surface area contributed by atoms with E-state index >= 15 is 0 Å². The Kier molecular flexibility index (Phi) is 4.39. The quantitative estimate of drug-likeness (QED) is 0.735. The standard InChI is InChI=1S/C12H20N6O2S/c1-2-21(19,20)6-5-18-11(15)10(7-13)12(16-18)17-4-3-9(14)8-17/h9H,2-6,8,14-15H2,1H3. The summed E-state index contributed by atoms with van der Waals surface area (Å²) in [4.78, 5) is 1.92. The second kappa shape index (κ2) is 5.91. The third kappa shape index (κ3) is 3.28. The van der Waals surface area contributed by atoms with Gasteiger partial charge in [0.25, 0.3) is 0 Å². The smallest absolute Gasteiger partial charge is 0.170 e. The Balaban J connectivity index is 2.24. The Hall–Kier alpha value is -1.79. The largest absolute Gasteiger partial charge is 0.383 e. The number of nitrogen functional groups attached to an aromatic ring is 1. The highest BCUT2D eigenvalue weighted by molar-refractivity contribution is 7.91. The molecular formula is C12H20N6O2S. The average molecular weight is 312 g/mol. The molecule has 0 aliphatic carbocycles. The third-order valence-corrected chi connectivity index (χ3v) is 5.35. The molecule has 0 saturated carbocycles. The van der Waals surface area contributed by atoms with Crippen LogP contribution >= 0.6 is 0 Å². The zero-order valence-electron chi connectivity index (χ0n) is 12.0. The fourth-order valence-electron chi connectivity index (χ4n) is 2.31. The topological polar surface area (TPSA) is 131 Å². The van der Waals surface area contributed by atoms with E-state index in [1.807, 2.05) is 11.0 Å². The van der Waals surface area contributed by atoms with Gasteiger partial charge in [-0.25, -0.2) is 13.1 Å². The first-order valence-electron chi connectivity index (χ1n) is 6.85. The van der Waals surface area contributed by atoms with Crippen LogP contribution < -0.4 is 16.4 Å². The van der Waals surface area contributed by atoms with Gasteiger partial charge in [-0.1, -0.05) is 6.92 Å². The number of aromatic nitrogens is 2. The number of hydrogen-bond donors (Lipinski definition) is 2. The number of nitrogens with zero attached hydrogens (tertiary/aromatic N) is 4. The highest BCUT2D eigenvalue weighted by Crippen LogP contribution is 2.27. The molecule has 8 nitrogen and oxygen atoms in total. The molecule has 1 aromatic heterocycles. The third-order valence-electron chi connectivity index (χ3n) is 3.66. The summed E-state index contributed by atoms with van der Waals surface area (Å²) < 4.78 is 24.5. The molecule has 2 heterocycles. The Bertz CT molecular complexity index is 660. The molecule has 1 saturated heterocycles. The molecule has 0 radical (unpaired) electrons. The average Bonchev–Trinajstić information content (AvgIpc) is 3.00. The first-order chi connectivity index (χ1) is 9.88. The molecular weight excluding hydrogens is 292 g/mol. The molecule has 1 aliphatic heterocycles. The Morgan fingerprint density at radius 1 is 1.52 bits per heavy atom. The first-order valence-corrected chi connectivity index (χ1v) is 8.67. The lowest BCUT2D eigenvalue weighted by molar-refractivity contribution is 0.583. The zero-order valence-corrected chi connectivity index (χ0v) is 12.8. The van der Waals surface area contributed by atoms with Gasteiger partial charge >= 0.3 is 0 Å². The highest BCUT2D eigenvalue weighted by atomic mass is 32.2. The number of nitriles is 1. The summed E-state index contributed by atoms with van der Waals surface area (Å²) in [6.07, 6.45) is 0.835. The summed E-state index contributed by atoms with van der Waals surface area (Å²) in [5.41, 5.74) is 12.1. The highest BCUT2D eigenvalue weighted by Gasteiger charge is 2.26. The van der Waals surface area contributed by atoms with Gasteiger partial charge < -0.3 is 16.4 Å². The van der Waals surface area contributed by atoms with Crippen LogP contribution in [0.15, 0.2) is 0 Å². The van der Waals surface area contributed by atoms with Crippen molar-refractivity contribution in [2.45, 2.75) is 25.9 Å². The van der Waals surface area contributed by atoms with E-state index in [0.717, 1.165) is 13.0 Å². The molecule has 1 aliphatic rings. The van der Waals surface area contributed by atoms with E-state index in [1.54, 1.807) is 6.92 Å². The molecule has 0 bridgehead atoms. The summed E-state index contributed by atoms with van der Waals surface area (Å²) in [5.74, 6) is 0.739. The molecule has 0 aromatic carbocycles. The molecule has 9 heteroatoms. The predicted octanol–water partition coefficient (Wildman–Crippen LogP) is -0.691. The normalized spacial score (nSPS) is 18.9. The summed E-state index contributed by atoms with van der Waals surface area (Å²) in [6, 6.07) is 2.11. The minimum Gasteiger partial charge on any atom is -0.383 e. The van der Waals surface area contributed by atoms with E-state index in [4.69, 9.17) is 11.5 Å². The van der Waals surface area contributed by atoms with Gasteiger partial charge in [-0.15, -0.1) is 0 Å². The van der Waals surface area contributed by atoms with Crippen LogP contribution in [0, 0.1) is 11.3 Å². The van der Waals surface area contributed by atoms with Gasteiger partial charge in [-0.05, 0) is 6.42 Å². The number of anilines is 2. The van der Waals surface area contributed by atoms with Crippen LogP contribution in [0.5, 0.6) is 0 Å². The van der Waals surface area contributed by atoms with Crippen LogP contribution in [0.1, 0.15) is 18.9 Å². The van der Waals surface area contributed by atoms with Crippen molar-refractivity contribution in [3.8, 4) is 6.07 Å². The number of hydrogen-bond acceptors (Lipinski definition) is 7. The van der Waals surface area contributed by atoms with E-state index < -0.39 is 9.84 Å². The molecule has 0 spiro atoms.